The quantitative estimate of drug-likeness (QED) is 0.110. The van der Waals surface area contributed by atoms with Gasteiger partial charge in [-0.15, -0.1) is 0 Å². The molecule has 1 rings (SSSR count). The average Bonchev–Trinajstić information content (AvgIpc) is 2.93. The van der Waals surface area contributed by atoms with Crippen LogP contribution in [-0.4, -0.2) is 72.6 Å². The number of carbonyl (C=O) groups is 5. The SMILES string of the molecule is CCC(=O)C(N)CCCCNC(=O)C(Cc1ccccc1)NC(=O)C(CC(C)C)NC(=O)C(CCSC)NC=O. The first kappa shape index (κ1) is 35.1. The molecule has 224 valence electrons. The zero-order chi connectivity index (χ0) is 29.9. The van der Waals surface area contributed by atoms with Crippen molar-refractivity contribution in [2.45, 2.75) is 89.9 Å². The van der Waals surface area contributed by atoms with Gasteiger partial charge in [-0.05, 0) is 55.6 Å². The molecule has 40 heavy (non-hydrogen) atoms. The third-order valence-electron chi connectivity index (χ3n) is 6.46. The second kappa shape index (κ2) is 20.0. The summed E-state index contributed by atoms with van der Waals surface area (Å²) in [4.78, 5) is 62.2. The summed E-state index contributed by atoms with van der Waals surface area (Å²) in [5.74, 6) is -0.452. The highest BCUT2D eigenvalue weighted by molar-refractivity contribution is 7.98. The van der Waals surface area contributed by atoms with Crippen LogP contribution in [0.15, 0.2) is 30.3 Å². The van der Waals surface area contributed by atoms with Gasteiger partial charge in [0.15, 0.2) is 0 Å². The lowest BCUT2D eigenvalue weighted by molar-refractivity contribution is -0.133. The number of hydrogen-bond acceptors (Lipinski definition) is 7. The van der Waals surface area contributed by atoms with Crippen LogP contribution in [-0.2, 0) is 30.4 Å². The number of amides is 4. The van der Waals surface area contributed by atoms with Crippen LogP contribution in [0.1, 0.15) is 64.9 Å². The normalized spacial score (nSPS) is 13.9. The fourth-order valence-electron chi connectivity index (χ4n) is 4.16. The van der Waals surface area contributed by atoms with Gasteiger partial charge in [0.05, 0.1) is 6.04 Å². The van der Waals surface area contributed by atoms with E-state index in [1.54, 1.807) is 18.7 Å². The van der Waals surface area contributed by atoms with Gasteiger partial charge in [0.25, 0.3) is 0 Å². The Morgan fingerprint density at radius 3 is 2.17 bits per heavy atom. The van der Waals surface area contributed by atoms with Crippen molar-refractivity contribution in [3.05, 3.63) is 35.9 Å². The maximum absolute atomic E-state index is 13.4. The Labute approximate surface area is 242 Å². The maximum atomic E-state index is 13.4. The topological polar surface area (TPSA) is 159 Å². The Hall–Kier alpha value is -2.92. The Bertz CT molecular complexity index is 931. The molecule has 0 fully saturated rings. The summed E-state index contributed by atoms with van der Waals surface area (Å²) in [6.07, 6.45) is 5.77. The Balaban J connectivity index is 2.91. The van der Waals surface area contributed by atoms with Gasteiger partial charge >= 0.3 is 0 Å². The molecule has 10 nitrogen and oxygen atoms in total. The van der Waals surface area contributed by atoms with Gasteiger partial charge in [0.1, 0.15) is 23.9 Å². The van der Waals surface area contributed by atoms with Gasteiger partial charge in [0, 0.05) is 19.4 Å². The number of unbranched alkanes of at least 4 members (excludes halogenated alkanes) is 1. The largest absolute Gasteiger partial charge is 0.354 e. The number of Topliss-reactive ketones (excluding diaryl/α,β-unsaturated/α-hetero) is 1. The highest BCUT2D eigenvalue weighted by Crippen LogP contribution is 2.10. The zero-order valence-electron chi connectivity index (χ0n) is 24.2. The Kier molecular flexibility index (Phi) is 17.6. The average molecular weight is 578 g/mol. The number of nitrogens with one attached hydrogen (secondary N) is 4. The third kappa shape index (κ3) is 13.9. The summed E-state index contributed by atoms with van der Waals surface area (Å²) in [5, 5.41) is 11.0. The van der Waals surface area contributed by atoms with Crippen molar-refractivity contribution in [2.24, 2.45) is 11.7 Å². The van der Waals surface area contributed by atoms with E-state index in [4.69, 9.17) is 5.73 Å². The van der Waals surface area contributed by atoms with Crippen LogP contribution in [0.25, 0.3) is 0 Å². The van der Waals surface area contributed by atoms with Gasteiger partial charge in [-0.3, -0.25) is 24.0 Å². The summed E-state index contributed by atoms with van der Waals surface area (Å²) in [6.45, 7) is 6.05. The first-order valence-electron chi connectivity index (χ1n) is 14.0. The molecular weight excluding hydrogens is 530 g/mol. The second-order valence-corrected chi connectivity index (χ2v) is 11.3. The number of thioether (sulfide) groups is 1. The molecule has 0 saturated carbocycles. The molecule has 0 aliphatic heterocycles. The molecule has 0 heterocycles. The molecule has 1 aromatic rings. The summed E-state index contributed by atoms with van der Waals surface area (Å²) >= 11 is 1.55. The van der Waals surface area contributed by atoms with E-state index in [0.717, 1.165) is 5.56 Å². The van der Waals surface area contributed by atoms with Crippen molar-refractivity contribution < 1.29 is 24.0 Å². The predicted molar refractivity (Wildman–Crippen MR) is 160 cm³/mol. The molecule has 0 bridgehead atoms. The number of carbonyl (C=O) groups excluding carboxylic acids is 5. The molecule has 1 aromatic carbocycles. The second-order valence-electron chi connectivity index (χ2n) is 10.3. The van der Waals surface area contributed by atoms with E-state index >= 15 is 0 Å². The highest BCUT2D eigenvalue weighted by Gasteiger charge is 2.29. The molecule has 4 atom stereocenters. The minimum atomic E-state index is -0.874. The molecule has 4 amide bonds. The van der Waals surface area contributed by atoms with Crippen molar-refractivity contribution in [1.29, 1.82) is 0 Å². The molecule has 4 unspecified atom stereocenters. The lowest BCUT2D eigenvalue weighted by atomic mass is 10.0. The highest BCUT2D eigenvalue weighted by atomic mass is 32.2. The fourth-order valence-corrected chi connectivity index (χ4v) is 4.63. The molecule has 0 aromatic heterocycles. The summed E-state index contributed by atoms with van der Waals surface area (Å²) in [5.41, 5.74) is 6.76. The van der Waals surface area contributed by atoms with Crippen LogP contribution in [0.4, 0.5) is 0 Å². The Morgan fingerprint density at radius 2 is 1.57 bits per heavy atom. The third-order valence-corrected chi connectivity index (χ3v) is 7.10. The standard InChI is InChI=1S/C29H47N5O5S/c1-5-26(36)22(30)13-9-10-15-31-27(37)25(18-21-11-7-6-8-12-21)34-29(39)24(17-20(2)3)33-28(38)23(32-19-35)14-16-40-4/h6-8,11-12,19-20,22-25H,5,9-10,13-18,30H2,1-4H3,(H,31,37)(H,32,35)(H,33,38)(H,34,39). The van der Waals surface area contributed by atoms with Gasteiger partial charge < -0.3 is 27.0 Å². The molecule has 0 radical (unpaired) electrons. The predicted octanol–water partition coefficient (Wildman–Crippen LogP) is 1.71. The minimum absolute atomic E-state index is 0.0234. The summed E-state index contributed by atoms with van der Waals surface area (Å²) < 4.78 is 0. The van der Waals surface area contributed by atoms with Crippen LogP contribution in [0, 0.1) is 5.92 Å². The summed E-state index contributed by atoms with van der Waals surface area (Å²) in [6, 6.07) is 6.40. The first-order chi connectivity index (χ1) is 19.1. The molecule has 0 aliphatic carbocycles. The van der Waals surface area contributed by atoms with Crippen LogP contribution >= 0.6 is 11.8 Å². The van der Waals surface area contributed by atoms with Gasteiger partial charge in [-0.1, -0.05) is 51.1 Å². The smallest absolute Gasteiger partial charge is 0.243 e. The lowest BCUT2D eigenvalue weighted by Gasteiger charge is -2.26. The molecule has 0 spiro atoms. The number of benzene rings is 1. The molecule has 0 aliphatic rings. The number of ketones is 1. The van der Waals surface area contributed by atoms with E-state index in [9.17, 15) is 24.0 Å². The first-order valence-corrected chi connectivity index (χ1v) is 15.4. The molecule has 0 saturated heterocycles. The lowest BCUT2D eigenvalue weighted by Crippen LogP contribution is -2.57. The molecule has 6 N–H and O–H groups in total. The van der Waals surface area contributed by atoms with Crippen molar-refractivity contribution in [1.82, 2.24) is 21.3 Å². The van der Waals surface area contributed by atoms with Crippen LogP contribution in [0.3, 0.4) is 0 Å². The van der Waals surface area contributed by atoms with E-state index in [-0.39, 0.29) is 24.0 Å². The number of hydrogen-bond donors (Lipinski definition) is 5. The Morgan fingerprint density at radius 1 is 0.925 bits per heavy atom. The molecular formula is C29H47N5O5S. The number of nitrogens with two attached hydrogens (primary N) is 1. The van der Waals surface area contributed by atoms with E-state index in [1.807, 2.05) is 50.4 Å². The van der Waals surface area contributed by atoms with Crippen molar-refractivity contribution in [3.8, 4) is 0 Å². The van der Waals surface area contributed by atoms with E-state index in [2.05, 4.69) is 21.3 Å². The van der Waals surface area contributed by atoms with E-state index < -0.39 is 36.0 Å². The van der Waals surface area contributed by atoms with Crippen LogP contribution < -0.4 is 27.0 Å². The van der Waals surface area contributed by atoms with Gasteiger partial charge in [-0.25, -0.2) is 0 Å². The summed E-state index contributed by atoms with van der Waals surface area (Å²) in [7, 11) is 0. The van der Waals surface area contributed by atoms with E-state index in [0.29, 0.717) is 57.2 Å². The van der Waals surface area contributed by atoms with Crippen LogP contribution in [0.5, 0.6) is 0 Å². The zero-order valence-corrected chi connectivity index (χ0v) is 25.1. The number of rotatable bonds is 21. The maximum Gasteiger partial charge on any atom is 0.243 e. The van der Waals surface area contributed by atoms with Crippen molar-refractivity contribution in [3.63, 3.8) is 0 Å². The molecule has 11 heteroatoms. The van der Waals surface area contributed by atoms with E-state index in [1.165, 1.54) is 0 Å². The van der Waals surface area contributed by atoms with Gasteiger partial charge in [-0.2, -0.15) is 11.8 Å². The van der Waals surface area contributed by atoms with Crippen molar-refractivity contribution >= 4 is 41.7 Å². The van der Waals surface area contributed by atoms with Crippen molar-refractivity contribution in [2.75, 3.05) is 18.6 Å². The minimum Gasteiger partial charge on any atom is -0.354 e. The van der Waals surface area contributed by atoms with Gasteiger partial charge in [0.2, 0.25) is 24.1 Å². The fraction of sp³-hybridized carbons (Fsp3) is 0.621. The van der Waals surface area contributed by atoms with Crippen LogP contribution in [0.2, 0.25) is 0 Å². The monoisotopic (exact) mass is 577 g/mol.